The summed E-state index contributed by atoms with van der Waals surface area (Å²) in [7, 11) is 0. The van der Waals surface area contributed by atoms with Crippen molar-refractivity contribution in [2.24, 2.45) is 0 Å². The largest absolute Gasteiger partial charge is 0.508 e. The lowest BCUT2D eigenvalue weighted by Gasteiger charge is -2.40. The number of ether oxygens (including phenoxy) is 3. The summed E-state index contributed by atoms with van der Waals surface area (Å²) in [5.41, 5.74) is 8.61. The minimum Gasteiger partial charge on any atom is -0.508 e. The van der Waals surface area contributed by atoms with Gasteiger partial charge in [-0.1, -0.05) is 54.6 Å². The quantitative estimate of drug-likeness (QED) is 0.163. The van der Waals surface area contributed by atoms with E-state index in [-0.39, 0.29) is 48.6 Å². The van der Waals surface area contributed by atoms with E-state index in [1.807, 2.05) is 59.5 Å². The fourth-order valence-electron chi connectivity index (χ4n) is 9.40. The third-order valence-electron chi connectivity index (χ3n) is 12.6. The Morgan fingerprint density at radius 1 is 0.806 bits per heavy atom. The Bertz CT molecular complexity index is 2660. The Morgan fingerprint density at radius 2 is 1.55 bits per heavy atom. The molecule has 1 N–H and O–H groups in total. The van der Waals surface area contributed by atoms with Crippen LogP contribution in [0, 0.1) is 12.7 Å². The Balaban J connectivity index is 0.00000490. The van der Waals surface area contributed by atoms with Gasteiger partial charge in [0.2, 0.25) is 6.79 Å². The van der Waals surface area contributed by atoms with E-state index in [2.05, 4.69) is 27.7 Å². The van der Waals surface area contributed by atoms with Crippen LogP contribution in [0.3, 0.4) is 0 Å². The number of amides is 2. The average molecular weight is 855 g/mol. The summed E-state index contributed by atoms with van der Waals surface area (Å²) >= 11 is 0. The molecule has 6 aromatic rings. The fourth-order valence-corrected chi connectivity index (χ4v) is 9.40. The molecule has 5 aromatic carbocycles. The number of hydrogen-bond acceptors (Lipinski definition) is 7. The molecule has 0 spiro atoms. The number of carbonyl (C=O) groups excluding carboxylic acids is 2. The zero-order chi connectivity index (χ0) is 41.6. The highest BCUT2D eigenvalue weighted by atomic mass is 35.5. The number of nitrogens with zero attached hydrogens (tertiary/aromatic N) is 4. The van der Waals surface area contributed by atoms with E-state index >= 15 is 14.0 Å². The van der Waals surface area contributed by atoms with Gasteiger partial charge >= 0.3 is 0 Å². The van der Waals surface area contributed by atoms with Crippen molar-refractivity contribution in [3.63, 3.8) is 0 Å². The summed E-state index contributed by atoms with van der Waals surface area (Å²) in [5.74, 6) is 0.400. The summed E-state index contributed by atoms with van der Waals surface area (Å²) in [6, 6.07) is 33.0. The van der Waals surface area contributed by atoms with Crippen LogP contribution >= 0.6 is 12.4 Å². The molecule has 1 aromatic heterocycles. The SMILES string of the molecule is Cc1ccc(-c2ccccc2N(C(=O)c2cc(-c3cc4c(cc3C(=O)N3Cc5ccccc5C[C@H]3CN3CCOCC3)OCO4)n3c2CCCC3)c2ccc(O)cc2)cc1F.Cl. The van der Waals surface area contributed by atoms with Crippen LogP contribution in [0.5, 0.6) is 17.2 Å². The van der Waals surface area contributed by atoms with Gasteiger partial charge in [-0.25, -0.2) is 4.39 Å². The first-order chi connectivity index (χ1) is 29.8. The number of fused-ring (bicyclic) bond motifs is 3. The Hall–Kier alpha value is -6.14. The Morgan fingerprint density at radius 3 is 2.34 bits per heavy atom. The number of halogens is 2. The number of aryl methyl sites for hydroxylation is 1. The Kier molecular flexibility index (Phi) is 11.5. The van der Waals surface area contributed by atoms with Crippen molar-refractivity contribution in [3.05, 3.63) is 149 Å². The molecular formula is C50H48ClFN4O6. The fraction of sp³-hybridized carbons (Fsp3) is 0.280. The molecule has 12 heteroatoms. The van der Waals surface area contributed by atoms with Crippen LogP contribution in [0.1, 0.15) is 55.9 Å². The molecule has 5 heterocycles. The minimum atomic E-state index is -0.337. The molecule has 1 fully saturated rings. The molecule has 10 rings (SSSR count). The number of anilines is 2. The topological polar surface area (TPSA) is 96.7 Å². The van der Waals surface area contributed by atoms with Gasteiger partial charge < -0.3 is 28.8 Å². The zero-order valence-corrected chi connectivity index (χ0v) is 35.3. The number of rotatable bonds is 8. The predicted molar refractivity (Wildman–Crippen MR) is 238 cm³/mol. The predicted octanol–water partition coefficient (Wildman–Crippen LogP) is 9.34. The van der Waals surface area contributed by atoms with Crippen molar-refractivity contribution in [1.29, 1.82) is 0 Å². The summed E-state index contributed by atoms with van der Waals surface area (Å²) in [4.78, 5) is 36.9. The van der Waals surface area contributed by atoms with Gasteiger partial charge in [-0.2, -0.15) is 0 Å². The number of phenolic OH excluding ortho intramolecular Hbond substituents is 1. The molecule has 0 unspecified atom stereocenters. The van der Waals surface area contributed by atoms with E-state index in [1.54, 1.807) is 42.2 Å². The van der Waals surface area contributed by atoms with Crippen molar-refractivity contribution in [3.8, 4) is 39.6 Å². The highest BCUT2D eigenvalue weighted by Crippen LogP contribution is 2.44. The van der Waals surface area contributed by atoms with Gasteiger partial charge in [0.25, 0.3) is 11.8 Å². The lowest BCUT2D eigenvalue weighted by Crippen LogP contribution is -2.52. The second-order valence-electron chi connectivity index (χ2n) is 16.4. The molecule has 10 nitrogen and oxygen atoms in total. The number of hydrogen-bond donors (Lipinski definition) is 1. The summed E-state index contributed by atoms with van der Waals surface area (Å²) in [5, 5.41) is 10.3. The first-order valence-corrected chi connectivity index (χ1v) is 21.1. The summed E-state index contributed by atoms with van der Waals surface area (Å²) in [6.45, 7) is 6.60. The van der Waals surface area contributed by atoms with Gasteiger partial charge in [0, 0.05) is 67.0 Å². The van der Waals surface area contributed by atoms with Crippen LogP contribution in [0.2, 0.25) is 0 Å². The minimum absolute atomic E-state index is 0. The molecule has 318 valence electrons. The second-order valence-corrected chi connectivity index (χ2v) is 16.4. The van der Waals surface area contributed by atoms with Crippen LogP contribution in [-0.2, 0) is 30.7 Å². The molecule has 4 aliphatic heterocycles. The van der Waals surface area contributed by atoms with Crippen LogP contribution in [-0.4, -0.2) is 77.0 Å². The van der Waals surface area contributed by atoms with Gasteiger partial charge in [0.1, 0.15) is 11.6 Å². The van der Waals surface area contributed by atoms with Crippen LogP contribution < -0.4 is 14.4 Å². The molecule has 2 amide bonds. The van der Waals surface area contributed by atoms with E-state index < -0.39 is 0 Å². The third kappa shape index (κ3) is 7.69. The first-order valence-electron chi connectivity index (χ1n) is 21.1. The third-order valence-corrected chi connectivity index (χ3v) is 12.6. The van der Waals surface area contributed by atoms with Gasteiger partial charge in [0.15, 0.2) is 11.5 Å². The van der Waals surface area contributed by atoms with Gasteiger partial charge in [-0.15, -0.1) is 12.4 Å². The molecule has 0 radical (unpaired) electrons. The standard InChI is InChI=1S/C50H47FN4O6.ClH/c1-32-13-14-34(25-43(32)51)39-10-4-5-12-45(39)55(36-15-17-38(56)18-16-36)50(58)42-26-46(53-19-7-6-11-44(42)53)40-27-47-48(61-31-60-47)28-41(40)49(57)54-29-35-9-3-2-8-33(35)24-37(54)30-52-20-22-59-23-21-52;/h2-5,8-10,12-18,25-28,37,56H,6-7,11,19-24,29-31H2,1H3;1H/t37-;/m0./s1. The zero-order valence-electron chi connectivity index (χ0n) is 34.5. The van der Waals surface area contributed by atoms with E-state index in [0.717, 1.165) is 55.8 Å². The van der Waals surface area contributed by atoms with E-state index in [4.69, 9.17) is 14.2 Å². The smallest absolute Gasteiger partial charge is 0.264 e. The van der Waals surface area contributed by atoms with Gasteiger partial charge in [-0.05, 0) is 109 Å². The number of morpholine rings is 1. The molecule has 1 saturated heterocycles. The average Bonchev–Trinajstić information content (AvgIpc) is 3.92. The Labute approximate surface area is 366 Å². The van der Waals surface area contributed by atoms with Gasteiger partial charge in [-0.3, -0.25) is 19.4 Å². The van der Waals surface area contributed by atoms with Crippen LogP contribution in [0.15, 0.2) is 109 Å². The lowest BCUT2D eigenvalue weighted by molar-refractivity contribution is 0.0193. The molecule has 0 aliphatic carbocycles. The molecule has 0 saturated carbocycles. The van der Waals surface area contributed by atoms with Crippen molar-refractivity contribution in [2.75, 3.05) is 44.5 Å². The number of aromatic nitrogens is 1. The van der Waals surface area contributed by atoms with Crippen LogP contribution in [0.25, 0.3) is 22.4 Å². The highest BCUT2D eigenvalue weighted by molar-refractivity contribution is 6.14. The number of benzene rings is 5. The van der Waals surface area contributed by atoms with Crippen molar-refractivity contribution in [1.82, 2.24) is 14.4 Å². The molecule has 0 bridgehead atoms. The molecule has 4 aliphatic rings. The van der Waals surface area contributed by atoms with Gasteiger partial charge in [0.05, 0.1) is 30.0 Å². The van der Waals surface area contributed by atoms with E-state index in [9.17, 15) is 5.11 Å². The molecule has 1 atom stereocenters. The number of para-hydroxylation sites is 1. The highest BCUT2D eigenvalue weighted by Gasteiger charge is 2.36. The van der Waals surface area contributed by atoms with Crippen molar-refractivity contribution < 1.29 is 33.3 Å². The maximum atomic E-state index is 15.5. The maximum absolute atomic E-state index is 15.5. The lowest BCUT2D eigenvalue weighted by atomic mass is 9.92. The van der Waals surface area contributed by atoms with E-state index in [1.165, 1.54) is 11.6 Å². The summed E-state index contributed by atoms with van der Waals surface area (Å²) in [6.07, 6.45) is 3.20. The van der Waals surface area contributed by atoms with Crippen LogP contribution in [0.4, 0.5) is 15.8 Å². The monoisotopic (exact) mass is 854 g/mol. The van der Waals surface area contributed by atoms with E-state index in [0.29, 0.717) is 89.0 Å². The molecule has 62 heavy (non-hydrogen) atoms. The second kappa shape index (κ2) is 17.3. The molecular weight excluding hydrogens is 807 g/mol. The normalized spacial score (nSPS) is 16.9. The number of carbonyl (C=O) groups is 2. The summed E-state index contributed by atoms with van der Waals surface area (Å²) < 4.78 is 34.8. The van der Waals surface area contributed by atoms with Crippen molar-refractivity contribution in [2.45, 2.75) is 51.7 Å². The van der Waals surface area contributed by atoms with Crippen molar-refractivity contribution >= 4 is 35.6 Å². The maximum Gasteiger partial charge on any atom is 0.264 e. The number of aromatic hydroxyl groups is 1. The number of phenols is 1. The first kappa shape index (κ1) is 41.2.